The summed E-state index contributed by atoms with van der Waals surface area (Å²) in [5.41, 5.74) is 13.0. The maximum atomic E-state index is 15.2. The summed E-state index contributed by atoms with van der Waals surface area (Å²) < 4.78 is 65.0. The number of aliphatic hydroxyl groups excluding tert-OH is 1. The summed E-state index contributed by atoms with van der Waals surface area (Å²) >= 11 is 0. The van der Waals surface area contributed by atoms with Gasteiger partial charge in [0.05, 0.1) is 42.6 Å². The first-order valence-electron chi connectivity index (χ1n) is 12.2. The lowest BCUT2D eigenvalue weighted by atomic mass is 9.84. The van der Waals surface area contributed by atoms with Gasteiger partial charge >= 0.3 is 0 Å². The molecule has 1 aliphatic rings. The number of piperidine rings is 1. The summed E-state index contributed by atoms with van der Waals surface area (Å²) in [6.07, 6.45) is -1.57. The molecule has 1 aliphatic heterocycles. The molecule has 1 unspecified atom stereocenters. The van der Waals surface area contributed by atoms with Gasteiger partial charge in [-0.3, -0.25) is 0 Å². The molecule has 0 spiro atoms. The van der Waals surface area contributed by atoms with Crippen LogP contribution in [0.2, 0.25) is 0 Å². The second-order valence-electron chi connectivity index (χ2n) is 9.73. The fourth-order valence-electron chi connectivity index (χ4n) is 5.21. The number of nitrogens with two attached hydrogens (primary N) is 2. The van der Waals surface area contributed by atoms with Crippen LogP contribution in [-0.2, 0) is 13.6 Å². The van der Waals surface area contributed by atoms with Crippen molar-refractivity contribution in [3.63, 3.8) is 0 Å². The zero-order valence-corrected chi connectivity index (χ0v) is 21.3. The Morgan fingerprint density at radius 3 is 2.64 bits per heavy atom. The Morgan fingerprint density at radius 1 is 1.15 bits per heavy atom. The minimum atomic E-state index is -3.01. The van der Waals surface area contributed by atoms with E-state index in [1.165, 1.54) is 19.8 Å². The van der Waals surface area contributed by atoms with Crippen LogP contribution in [0.4, 0.5) is 29.1 Å². The van der Waals surface area contributed by atoms with Crippen molar-refractivity contribution in [1.82, 2.24) is 24.1 Å². The highest BCUT2D eigenvalue weighted by molar-refractivity contribution is 5.81. The Kier molecular flexibility index (Phi) is 6.84. The summed E-state index contributed by atoms with van der Waals surface area (Å²) in [5.74, 6) is -1.49. The van der Waals surface area contributed by atoms with Crippen LogP contribution in [0.15, 0.2) is 30.9 Å². The van der Waals surface area contributed by atoms with Crippen molar-refractivity contribution < 1.29 is 27.4 Å². The third-order valence-corrected chi connectivity index (χ3v) is 7.33. The van der Waals surface area contributed by atoms with Crippen LogP contribution in [0.3, 0.4) is 0 Å². The number of benzene rings is 1. The molecule has 2 atom stereocenters. The number of nitrogen functional groups attached to an aromatic ring is 1. The molecule has 0 amide bonds. The van der Waals surface area contributed by atoms with Crippen LogP contribution in [0.1, 0.15) is 18.5 Å². The van der Waals surface area contributed by atoms with Gasteiger partial charge in [-0.2, -0.15) is 0 Å². The van der Waals surface area contributed by atoms with Gasteiger partial charge in [-0.05, 0) is 25.0 Å². The summed E-state index contributed by atoms with van der Waals surface area (Å²) in [5, 5.41) is 10.2. The van der Waals surface area contributed by atoms with Crippen molar-refractivity contribution in [1.29, 1.82) is 0 Å². The molecular formula is C25H28F4N8O2. The average molecular weight is 549 g/mol. The molecule has 0 saturated carbocycles. The first kappa shape index (κ1) is 26.7. The van der Waals surface area contributed by atoms with Crippen molar-refractivity contribution in [2.75, 3.05) is 30.8 Å². The number of halogens is 4. The lowest BCUT2D eigenvalue weighted by Crippen LogP contribution is -2.63. The Labute approximate surface area is 220 Å². The van der Waals surface area contributed by atoms with E-state index >= 15 is 4.39 Å². The molecule has 10 nitrogen and oxygen atoms in total. The van der Waals surface area contributed by atoms with Gasteiger partial charge in [0.2, 0.25) is 0 Å². The number of rotatable bonds is 7. The SMILES string of the molecule is COc1cc(F)c(-c2cc(N3CCC[C@](N)(C(O)C(F)F)C3)c(Cn3cnc4c(N)ncnc43)n2C)cc1F. The Morgan fingerprint density at radius 2 is 1.92 bits per heavy atom. The molecule has 0 radical (unpaired) electrons. The fraction of sp³-hybridized carbons (Fsp3) is 0.400. The minimum Gasteiger partial charge on any atom is -0.494 e. The van der Waals surface area contributed by atoms with E-state index in [9.17, 15) is 18.3 Å². The van der Waals surface area contributed by atoms with Crippen LogP contribution in [0, 0.1) is 11.6 Å². The van der Waals surface area contributed by atoms with Crippen molar-refractivity contribution in [3.05, 3.63) is 48.2 Å². The lowest BCUT2D eigenvalue weighted by Gasteiger charge is -2.43. The largest absolute Gasteiger partial charge is 0.494 e. The minimum absolute atomic E-state index is 0.0194. The van der Waals surface area contributed by atoms with Crippen LogP contribution < -0.4 is 21.1 Å². The second kappa shape index (κ2) is 10.0. The normalized spacial score (nSPS) is 18.7. The highest BCUT2D eigenvalue weighted by Gasteiger charge is 2.43. The lowest BCUT2D eigenvalue weighted by molar-refractivity contribution is -0.0529. The highest BCUT2D eigenvalue weighted by Crippen LogP contribution is 2.38. The fourth-order valence-corrected chi connectivity index (χ4v) is 5.21. The zero-order chi connectivity index (χ0) is 28.1. The Bertz CT molecular complexity index is 1520. The number of aliphatic hydroxyl groups is 1. The van der Waals surface area contributed by atoms with E-state index in [0.29, 0.717) is 41.2 Å². The second-order valence-corrected chi connectivity index (χ2v) is 9.73. The molecule has 3 aromatic heterocycles. The summed E-state index contributed by atoms with van der Waals surface area (Å²) in [6.45, 7) is 0.545. The Hall–Kier alpha value is -3.91. The van der Waals surface area contributed by atoms with Gasteiger partial charge in [-0.15, -0.1) is 0 Å². The van der Waals surface area contributed by atoms with Crippen LogP contribution in [0.5, 0.6) is 5.75 Å². The van der Waals surface area contributed by atoms with Crippen molar-refractivity contribution in [2.24, 2.45) is 12.8 Å². The van der Waals surface area contributed by atoms with Crippen molar-refractivity contribution in [3.8, 4) is 17.0 Å². The molecular weight excluding hydrogens is 520 g/mol. The summed E-state index contributed by atoms with van der Waals surface area (Å²) in [7, 11) is 2.93. The molecule has 0 bridgehead atoms. The van der Waals surface area contributed by atoms with Gasteiger partial charge in [-0.1, -0.05) is 0 Å². The Balaban J connectivity index is 1.64. The third-order valence-electron chi connectivity index (χ3n) is 7.33. The van der Waals surface area contributed by atoms with Crippen LogP contribution in [-0.4, -0.2) is 67.5 Å². The number of fused-ring (bicyclic) bond motifs is 1. The predicted molar refractivity (Wildman–Crippen MR) is 137 cm³/mol. The summed E-state index contributed by atoms with van der Waals surface area (Å²) in [4.78, 5) is 14.3. The van der Waals surface area contributed by atoms with E-state index < -0.39 is 29.7 Å². The van der Waals surface area contributed by atoms with E-state index in [1.54, 1.807) is 27.1 Å². The number of ether oxygens (including phenoxy) is 1. The van der Waals surface area contributed by atoms with Gasteiger partial charge in [0.15, 0.2) is 23.0 Å². The number of anilines is 2. The molecule has 5 N–H and O–H groups in total. The monoisotopic (exact) mass is 548 g/mol. The number of alkyl halides is 2. The summed E-state index contributed by atoms with van der Waals surface area (Å²) in [6, 6.07) is 3.66. The van der Waals surface area contributed by atoms with E-state index in [4.69, 9.17) is 16.2 Å². The van der Waals surface area contributed by atoms with Gasteiger partial charge in [-0.25, -0.2) is 32.5 Å². The van der Waals surface area contributed by atoms with Gasteiger partial charge < -0.3 is 35.3 Å². The topological polar surface area (TPSA) is 133 Å². The molecule has 1 fully saturated rings. The number of nitrogens with zero attached hydrogens (tertiary/aromatic N) is 6. The van der Waals surface area contributed by atoms with Gasteiger partial charge in [0.25, 0.3) is 6.43 Å². The number of imidazole rings is 1. The molecule has 4 aromatic rings. The quantitative estimate of drug-likeness (QED) is 0.300. The number of methoxy groups -OCH3 is 1. The average Bonchev–Trinajstić information content (AvgIpc) is 3.47. The first-order chi connectivity index (χ1) is 18.5. The van der Waals surface area contributed by atoms with E-state index in [1.807, 2.05) is 0 Å². The van der Waals surface area contributed by atoms with Gasteiger partial charge in [0, 0.05) is 31.8 Å². The smallest absolute Gasteiger partial charge is 0.265 e. The highest BCUT2D eigenvalue weighted by atomic mass is 19.3. The molecule has 39 heavy (non-hydrogen) atoms. The van der Waals surface area contributed by atoms with Crippen molar-refractivity contribution in [2.45, 2.75) is 37.5 Å². The van der Waals surface area contributed by atoms with E-state index in [0.717, 1.165) is 12.1 Å². The molecule has 4 heterocycles. The molecule has 0 aliphatic carbocycles. The maximum absolute atomic E-state index is 15.2. The number of hydrogen-bond donors (Lipinski definition) is 3. The molecule has 1 aromatic carbocycles. The van der Waals surface area contributed by atoms with E-state index in [-0.39, 0.29) is 36.6 Å². The number of hydrogen-bond acceptors (Lipinski definition) is 8. The van der Waals surface area contributed by atoms with Crippen LogP contribution in [0.25, 0.3) is 22.4 Å². The molecule has 208 valence electrons. The van der Waals surface area contributed by atoms with Crippen molar-refractivity contribution >= 4 is 22.7 Å². The van der Waals surface area contributed by atoms with E-state index in [2.05, 4.69) is 15.0 Å². The molecule has 14 heteroatoms. The van der Waals surface area contributed by atoms with Crippen LogP contribution >= 0.6 is 0 Å². The standard InChI is InChI=1S/C25H28F4N8O2/c1-35-16(13-6-15(27)19(39-2)7-14(13)26)8-17(36-5-3-4-25(31,10-36)21(38)22(28)29)18(35)9-37-12-34-20-23(30)32-11-33-24(20)37/h6-8,11-12,21-22,38H,3-5,9-10,31H2,1-2H3,(H2,30,32,33)/t21?,25-/m1/s1. The van der Waals surface area contributed by atoms with Gasteiger partial charge in [0.1, 0.15) is 23.8 Å². The predicted octanol–water partition coefficient (Wildman–Crippen LogP) is 2.67. The third kappa shape index (κ3) is 4.63. The zero-order valence-electron chi connectivity index (χ0n) is 21.3. The maximum Gasteiger partial charge on any atom is 0.265 e. The molecule has 1 saturated heterocycles. The number of aromatic nitrogens is 5. The first-order valence-corrected chi connectivity index (χ1v) is 12.2. The molecule has 5 rings (SSSR count).